The minimum absolute atomic E-state index is 0.0235. The van der Waals surface area contributed by atoms with Crippen molar-refractivity contribution in [3.05, 3.63) is 94.1 Å². The van der Waals surface area contributed by atoms with E-state index in [9.17, 15) is 23.9 Å². The normalized spacial score (nSPS) is 12.7. The summed E-state index contributed by atoms with van der Waals surface area (Å²) in [7, 11) is 0. The highest BCUT2D eigenvalue weighted by Gasteiger charge is 2.28. The molecule has 0 spiro atoms. The van der Waals surface area contributed by atoms with Crippen molar-refractivity contribution in [3.8, 4) is 0 Å². The number of thiophene rings is 1. The number of carbonyl (C=O) groups is 3. The van der Waals surface area contributed by atoms with Crippen molar-refractivity contribution in [1.82, 2.24) is 15.6 Å². The first kappa shape index (κ1) is 24.2. The van der Waals surface area contributed by atoms with Crippen molar-refractivity contribution in [2.24, 2.45) is 0 Å². The van der Waals surface area contributed by atoms with Gasteiger partial charge in [-0.05, 0) is 40.8 Å². The zero-order valence-electron chi connectivity index (χ0n) is 18.7. The van der Waals surface area contributed by atoms with Crippen molar-refractivity contribution >= 4 is 40.0 Å². The number of amides is 2. The summed E-state index contributed by atoms with van der Waals surface area (Å²) in [4.78, 5) is 41.8. The summed E-state index contributed by atoms with van der Waals surface area (Å²) in [5, 5.41) is 17.8. The molecule has 4 aromatic rings. The first-order chi connectivity index (χ1) is 16.9. The molecule has 0 aliphatic rings. The lowest BCUT2D eigenvalue weighted by Crippen LogP contribution is -2.53. The maximum atomic E-state index is 13.2. The summed E-state index contributed by atoms with van der Waals surface area (Å²) in [6.07, 6.45) is 2.05. The van der Waals surface area contributed by atoms with E-state index in [0.29, 0.717) is 5.56 Å². The van der Waals surface area contributed by atoms with Crippen LogP contribution in [0.1, 0.15) is 16.0 Å². The molecule has 0 unspecified atom stereocenters. The fraction of sp³-hybridized carbons (Fsp3) is 0.192. The fourth-order valence-corrected chi connectivity index (χ4v) is 4.58. The van der Waals surface area contributed by atoms with Crippen LogP contribution in [0.3, 0.4) is 0 Å². The van der Waals surface area contributed by atoms with Crippen LogP contribution in [0.15, 0.2) is 72.2 Å². The minimum atomic E-state index is -1.24. The molecule has 9 heteroatoms. The number of para-hydroxylation sites is 1. The van der Waals surface area contributed by atoms with Gasteiger partial charge in [-0.25, -0.2) is 9.18 Å². The third-order valence-electron chi connectivity index (χ3n) is 5.63. The van der Waals surface area contributed by atoms with Crippen LogP contribution in [0.4, 0.5) is 4.39 Å². The first-order valence-corrected chi connectivity index (χ1v) is 11.9. The highest BCUT2D eigenvalue weighted by Crippen LogP contribution is 2.19. The highest BCUT2D eigenvalue weighted by molar-refractivity contribution is 7.10. The van der Waals surface area contributed by atoms with Crippen molar-refractivity contribution < 1.29 is 23.9 Å². The molecule has 35 heavy (non-hydrogen) atoms. The SMILES string of the molecule is O=C(Cc1cccs1)N[C@@H](Cc1c[nH]c2ccccc12)C(=O)N[C@@H](Cc1ccc(F)cc1)C(=O)O. The average molecular weight is 494 g/mol. The smallest absolute Gasteiger partial charge is 0.326 e. The lowest BCUT2D eigenvalue weighted by Gasteiger charge is -2.21. The third-order valence-corrected chi connectivity index (χ3v) is 6.51. The summed E-state index contributed by atoms with van der Waals surface area (Å²) in [5.41, 5.74) is 2.28. The molecule has 2 atom stereocenters. The predicted octanol–water partition coefficient (Wildman–Crippen LogP) is 3.45. The maximum Gasteiger partial charge on any atom is 0.326 e. The van der Waals surface area contributed by atoms with Crippen LogP contribution in [0, 0.1) is 5.82 Å². The Kier molecular flexibility index (Phi) is 7.57. The minimum Gasteiger partial charge on any atom is -0.480 e. The van der Waals surface area contributed by atoms with Gasteiger partial charge >= 0.3 is 5.97 Å². The topological polar surface area (TPSA) is 111 Å². The monoisotopic (exact) mass is 493 g/mol. The van der Waals surface area contributed by atoms with Crippen molar-refractivity contribution in [1.29, 1.82) is 0 Å². The number of H-pyrrole nitrogens is 1. The molecule has 180 valence electrons. The lowest BCUT2D eigenvalue weighted by molar-refractivity contribution is -0.142. The number of carboxylic acids is 1. The number of aromatic nitrogens is 1. The van der Waals surface area contributed by atoms with Crippen molar-refractivity contribution in [2.75, 3.05) is 0 Å². The van der Waals surface area contributed by atoms with Gasteiger partial charge in [-0.15, -0.1) is 11.3 Å². The average Bonchev–Trinajstić information content (AvgIpc) is 3.49. The van der Waals surface area contributed by atoms with E-state index < -0.39 is 29.8 Å². The van der Waals surface area contributed by atoms with E-state index >= 15 is 0 Å². The molecular formula is C26H24FN3O4S. The molecule has 0 aliphatic heterocycles. The summed E-state index contributed by atoms with van der Waals surface area (Å²) in [6.45, 7) is 0. The maximum absolute atomic E-state index is 13.2. The van der Waals surface area contributed by atoms with Gasteiger partial charge in [0.1, 0.15) is 17.9 Å². The van der Waals surface area contributed by atoms with Crippen LogP contribution in [0.25, 0.3) is 10.9 Å². The van der Waals surface area contributed by atoms with Crippen LogP contribution in [-0.2, 0) is 33.6 Å². The van der Waals surface area contributed by atoms with Gasteiger partial charge in [0.15, 0.2) is 0 Å². The number of carboxylic acid groups (broad SMARTS) is 1. The van der Waals surface area contributed by atoms with E-state index in [1.54, 1.807) is 6.20 Å². The molecule has 0 aliphatic carbocycles. The van der Waals surface area contributed by atoms with Crippen LogP contribution >= 0.6 is 11.3 Å². The zero-order chi connectivity index (χ0) is 24.8. The highest BCUT2D eigenvalue weighted by atomic mass is 32.1. The molecular weight excluding hydrogens is 469 g/mol. The molecule has 4 N–H and O–H groups in total. The zero-order valence-corrected chi connectivity index (χ0v) is 19.5. The van der Waals surface area contributed by atoms with Gasteiger partial charge in [-0.1, -0.05) is 36.4 Å². The molecule has 0 fully saturated rings. The van der Waals surface area contributed by atoms with Gasteiger partial charge < -0.3 is 20.7 Å². The fourth-order valence-electron chi connectivity index (χ4n) is 3.88. The Morgan fingerprint density at radius 2 is 1.71 bits per heavy atom. The summed E-state index contributed by atoms with van der Waals surface area (Å²) < 4.78 is 13.2. The Labute approximate surface area is 205 Å². The summed E-state index contributed by atoms with van der Waals surface area (Å²) in [5.74, 6) is -2.60. The van der Waals surface area contributed by atoms with Crippen LogP contribution in [0.5, 0.6) is 0 Å². The van der Waals surface area contributed by atoms with Gasteiger partial charge in [0.2, 0.25) is 11.8 Å². The largest absolute Gasteiger partial charge is 0.480 e. The van der Waals surface area contributed by atoms with E-state index in [2.05, 4.69) is 15.6 Å². The number of aromatic amines is 1. The standard InChI is InChI=1S/C26H24FN3O4S/c27-18-9-7-16(8-10-18)12-23(26(33)34)30-25(32)22(29-24(31)14-19-4-3-11-35-19)13-17-15-28-21-6-2-1-5-20(17)21/h1-11,15,22-23,28H,12-14H2,(H,29,31)(H,30,32)(H,33,34)/t22-,23-/m0/s1. The molecule has 0 saturated heterocycles. The van der Waals surface area contributed by atoms with E-state index in [1.165, 1.54) is 35.6 Å². The van der Waals surface area contributed by atoms with E-state index in [4.69, 9.17) is 0 Å². The second-order valence-electron chi connectivity index (χ2n) is 8.17. The quantitative estimate of drug-likeness (QED) is 0.271. The Morgan fingerprint density at radius 1 is 0.943 bits per heavy atom. The number of fused-ring (bicyclic) bond motifs is 1. The van der Waals surface area contributed by atoms with E-state index in [1.807, 2.05) is 41.8 Å². The third kappa shape index (κ3) is 6.33. The molecule has 2 aromatic heterocycles. The number of aliphatic carboxylic acids is 1. The van der Waals surface area contributed by atoms with Gasteiger partial charge in [0, 0.05) is 34.8 Å². The number of hydrogen-bond acceptors (Lipinski definition) is 4. The Morgan fingerprint density at radius 3 is 2.43 bits per heavy atom. The van der Waals surface area contributed by atoms with E-state index in [-0.39, 0.29) is 25.2 Å². The summed E-state index contributed by atoms with van der Waals surface area (Å²) in [6, 6.07) is 14.5. The number of halogens is 1. The molecule has 0 radical (unpaired) electrons. The van der Waals surface area contributed by atoms with Gasteiger partial charge in [0.05, 0.1) is 6.42 Å². The van der Waals surface area contributed by atoms with Crippen molar-refractivity contribution in [3.63, 3.8) is 0 Å². The molecule has 0 bridgehead atoms. The Balaban J connectivity index is 1.53. The molecule has 0 saturated carbocycles. The van der Waals surface area contributed by atoms with Gasteiger partial charge in [0.25, 0.3) is 0 Å². The second-order valence-corrected chi connectivity index (χ2v) is 9.20. The van der Waals surface area contributed by atoms with Crippen LogP contribution < -0.4 is 10.6 Å². The lowest BCUT2D eigenvalue weighted by atomic mass is 10.0. The Hall–Kier alpha value is -3.98. The first-order valence-electron chi connectivity index (χ1n) is 11.0. The van der Waals surface area contributed by atoms with Crippen molar-refractivity contribution in [2.45, 2.75) is 31.3 Å². The molecule has 2 heterocycles. The second kappa shape index (κ2) is 11.0. The molecule has 2 aromatic carbocycles. The molecule has 2 amide bonds. The predicted molar refractivity (Wildman–Crippen MR) is 132 cm³/mol. The number of benzene rings is 2. The number of carbonyl (C=O) groups excluding carboxylic acids is 2. The Bertz CT molecular complexity index is 1320. The van der Waals surface area contributed by atoms with Crippen LogP contribution in [0.2, 0.25) is 0 Å². The van der Waals surface area contributed by atoms with Gasteiger partial charge in [-0.3, -0.25) is 9.59 Å². The summed E-state index contributed by atoms with van der Waals surface area (Å²) >= 11 is 1.44. The number of hydrogen-bond donors (Lipinski definition) is 4. The van der Waals surface area contributed by atoms with E-state index in [0.717, 1.165) is 21.3 Å². The number of rotatable bonds is 10. The molecule has 7 nitrogen and oxygen atoms in total. The number of nitrogens with one attached hydrogen (secondary N) is 3. The molecule has 4 rings (SSSR count). The van der Waals surface area contributed by atoms with Crippen LogP contribution in [-0.4, -0.2) is 40.0 Å². The van der Waals surface area contributed by atoms with Gasteiger partial charge in [-0.2, -0.15) is 0 Å².